The van der Waals surface area contributed by atoms with Gasteiger partial charge in [0.05, 0.1) is 32.0 Å². The summed E-state index contributed by atoms with van der Waals surface area (Å²) in [4.78, 5) is 42.8. The van der Waals surface area contributed by atoms with Crippen LogP contribution in [0.5, 0.6) is 17.2 Å². The number of rotatable bonds is 12. The summed E-state index contributed by atoms with van der Waals surface area (Å²) in [5.74, 6) is -2.55. The normalized spacial score (nSPS) is 18.0. The van der Waals surface area contributed by atoms with Crippen LogP contribution in [0.15, 0.2) is 73.1 Å². The number of hydrogen-bond donors (Lipinski definition) is 0. The van der Waals surface area contributed by atoms with E-state index in [-0.39, 0.29) is 46.3 Å². The second-order valence-electron chi connectivity index (χ2n) is 13.7. The van der Waals surface area contributed by atoms with Crippen LogP contribution in [-0.2, 0) is 27.2 Å². The second-order valence-corrected chi connectivity index (χ2v) is 14.5. The number of halogens is 5. The molecule has 1 amide bonds. The number of fused-ring (bicyclic) bond motifs is 3. The number of carbonyl (C=O) groups excluding carboxylic acids is 3. The fourth-order valence-corrected chi connectivity index (χ4v) is 7.51. The highest BCUT2D eigenvalue weighted by molar-refractivity contribution is 6.35. The van der Waals surface area contributed by atoms with Gasteiger partial charge in [0.2, 0.25) is 0 Å². The van der Waals surface area contributed by atoms with Crippen LogP contribution in [0.3, 0.4) is 0 Å². The van der Waals surface area contributed by atoms with Crippen LogP contribution in [-0.4, -0.2) is 69.1 Å². The Morgan fingerprint density at radius 1 is 0.947 bits per heavy atom. The van der Waals surface area contributed by atoms with Crippen molar-refractivity contribution in [2.24, 2.45) is 5.92 Å². The lowest BCUT2D eigenvalue weighted by molar-refractivity contribution is -0.605. The third kappa shape index (κ3) is 9.83. The quantitative estimate of drug-likeness (QED) is 0.0604. The summed E-state index contributed by atoms with van der Waals surface area (Å²) in [5, 5.41) is 12.1. The van der Waals surface area contributed by atoms with E-state index in [9.17, 15) is 32.8 Å². The molecule has 2 bridgehead atoms. The van der Waals surface area contributed by atoms with E-state index in [4.69, 9.17) is 42.1 Å². The van der Waals surface area contributed by atoms with Crippen LogP contribution in [0.1, 0.15) is 51.6 Å². The van der Waals surface area contributed by atoms with E-state index in [1.807, 2.05) is 0 Å². The van der Waals surface area contributed by atoms with Gasteiger partial charge in [-0.25, -0.2) is 14.4 Å². The largest absolute Gasteiger partial charge is 0.619 e. The molecule has 7 rings (SSSR count). The number of carbonyl (C=O) groups is 3. The molecule has 0 saturated carbocycles. The highest BCUT2D eigenvalue weighted by atomic mass is 35.5. The summed E-state index contributed by atoms with van der Waals surface area (Å²) in [5.41, 5.74) is 2.21. The number of nitrogens with zero attached hydrogens (tertiary/aromatic N) is 3. The number of methoxy groups -OCH3 is 2. The lowest BCUT2D eigenvalue weighted by atomic mass is 9.86. The summed E-state index contributed by atoms with van der Waals surface area (Å²) >= 11 is 12.8. The van der Waals surface area contributed by atoms with Gasteiger partial charge in [-0.15, -0.1) is 0 Å². The first kappa shape index (κ1) is 41.4. The molecule has 0 radical (unpaired) electrons. The van der Waals surface area contributed by atoms with E-state index in [0.29, 0.717) is 45.0 Å². The number of esters is 2. The standard InChI is InChI=1S/C40H38Cl2F3N3O9/c1-23-4-10-28(55-38(50)40(43,44)45)17-32(23)48(39(51)57-36-22-46-14-12-25(36)13-15-46)19-24-5-7-26(8-6-24)37(49)56-34(18-29-30(41)20-47(52)21-31(29)42)27-9-11-33(53-2)35(16-27)54-3/h4-11,16-17,20-21,25,34,36H,12-15,18-19,22H2,1-3H3/t34-,36-/m0/s1. The summed E-state index contributed by atoms with van der Waals surface area (Å²) in [7, 11) is 2.94. The fraction of sp³-hybridized carbons (Fsp3) is 0.350. The summed E-state index contributed by atoms with van der Waals surface area (Å²) in [6, 6.07) is 15.0. The van der Waals surface area contributed by atoms with E-state index < -0.39 is 36.1 Å². The summed E-state index contributed by atoms with van der Waals surface area (Å²) in [6.45, 7) is 3.92. The van der Waals surface area contributed by atoms with Gasteiger partial charge in [0, 0.05) is 24.6 Å². The maximum Gasteiger partial charge on any atom is 0.491 e. The van der Waals surface area contributed by atoms with Gasteiger partial charge in [-0.05, 0) is 85.8 Å². The lowest BCUT2D eigenvalue weighted by Gasteiger charge is -2.44. The molecule has 17 heteroatoms. The molecule has 0 unspecified atom stereocenters. The molecule has 0 N–H and O–H groups in total. The highest BCUT2D eigenvalue weighted by Gasteiger charge is 2.42. The van der Waals surface area contributed by atoms with Crippen LogP contribution < -0.4 is 23.8 Å². The minimum atomic E-state index is -5.23. The Balaban J connectivity index is 1.26. The zero-order valence-electron chi connectivity index (χ0n) is 31.0. The van der Waals surface area contributed by atoms with Crippen LogP contribution in [0.2, 0.25) is 10.0 Å². The molecule has 4 aromatic rings. The van der Waals surface area contributed by atoms with Gasteiger partial charge >= 0.3 is 24.2 Å². The van der Waals surface area contributed by atoms with Crippen molar-refractivity contribution in [2.45, 2.75) is 51.1 Å². The van der Waals surface area contributed by atoms with Gasteiger partial charge in [-0.3, -0.25) is 9.80 Å². The Kier molecular flexibility index (Phi) is 12.7. The van der Waals surface area contributed by atoms with E-state index in [1.165, 1.54) is 49.5 Å². The van der Waals surface area contributed by atoms with Crippen molar-refractivity contribution in [3.05, 3.63) is 116 Å². The molecule has 3 aliphatic heterocycles. The molecule has 0 spiro atoms. The zero-order valence-corrected chi connectivity index (χ0v) is 32.5. The first-order valence-corrected chi connectivity index (χ1v) is 18.6. The Labute approximate surface area is 336 Å². The van der Waals surface area contributed by atoms with Gasteiger partial charge in [-0.2, -0.15) is 17.9 Å². The van der Waals surface area contributed by atoms with Crippen LogP contribution in [0.25, 0.3) is 0 Å². The number of amides is 1. The minimum Gasteiger partial charge on any atom is -0.619 e. The predicted octanol–water partition coefficient (Wildman–Crippen LogP) is 7.80. The minimum absolute atomic E-state index is 0.00874. The van der Waals surface area contributed by atoms with Crippen LogP contribution in [0.4, 0.5) is 23.7 Å². The van der Waals surface area contributed by atoms with E-state index in [1.54, 1.807) is 37.3 Å². The molecule has 0 aliphatic carbocycles. The van der Waals surface area contributed by atoms with Crippen molar-refractivity contribution >= 4 is 46.9 Å². The van der Waals surface area contributed by atoms with Gasteiger partial charge in [-0.1, -0.05) is 47.5 Å². The number of piperidine rings is 3. The molecule has 12 nitrogen and oxygen atoms in total. The van der Waals surface area contributed by atoms with Crippen LogP contribution >= 0.6 is 23.2 Å². The van der Waals surface area contributed by atoms with Crippen molar-refractivity contribution in [2.75, 3.05) is 38.8 Å². The molecule has 302 valence electrons. The van der Waals surface area contributed by atoms with Gasteiger partial charge in [0.25, 0.3) is 0 Å². The average molecular weight is 833 g/mol. The van der Waals surface area contributed by atoms with Gasteiger partial charge in [0.1, 0.15) is 28.0 Å². The topological polar surface area (TPSA) is 131 Å². The first-order chi connectivity index (χ1) is 27.1. The van der Waals surface area contributed by atoms with Gasteiger partial charge < -0.3 is 28.9 Å². The number of benzene rings is 3. The molecule has 3 aliphatic rings. The maximum absolute atomic E-state index is 13.9. The highest BCUT2D eigenvalue weighted by Crippen LogP contribution is 2.37. The Morgan fingerprint density at radius 2 is 1.61 bits per heavy atom. The zero-order chi connectivity index (χ0) is 41.0. The lowest BCUT2D eigenvalue weighted by Crippen LogP contribution is -2.53. The monoisotopic (exact) mass is 831 g/mol. The molecular weight excluding hydrogens is 794 g/mol. The fourth-order valence-electron chi connectivity index (χ4n) is 6.91. The number of aromatic nitrogens is 1. The molecule has 3 fully saturated rings. The third-order valence-electron chi connectivity index (χ3n) is 9.99. The number of anilines is 1. The number of aryl methyl sites for hydroxylation is 1. The molecule has 57 heavy (non-hydrogen) atoms. The number of hydrogen-bond acceptors (Lipinski definition) is 10. The molecular formula is C40H38Cl2F3N3O9. The third-order valence-corrected chi connectivity index (χ3v) is 10.6. The van der Waals surface area contributed by atoms with Crippen molar-refractivity contribution < 1.29 is 56.0 Å². The van der Waals surface area contributed by atoms with Crippen molar-refractivity contribution in [3.8, 4) is 17.2 Å². The predicted molar refractivity (Wildman–Crippen MR) is 202 cm³/mol. The molecule has 2 atom stereocenters. The van der Waals surface area contributed by atoms with Crippen LogP contribution in [0, 0.1) is 18.0 Å². The Hall–Kier alpha value is -5.25. The Bertz CT molecular complexity index is 2110. The molecule has 3 saturated heterocycles. The first-order valence-electron chi connectivity index (χ1n) is 17.8. The summed E-state index contributed by atoms with van der Waals surface area (Å²) in [6.07, 6.45) is -3.31. The van der Waals surface area contributed by atoms with E-state index >= 15 is 0 Å². The molecule has 1 aromatic heterocycles. The second kappa shape index (κ2) is 17.5. The number of alkyl halides is 3. The number of pyridine rings is 1. The van der Waals surface area contributed by atoms with Crippen molar-refractivity contribution in [1.29, 1.82) is 0 Å². The van der Waals surface area contributed by atoms with Crippen molar-refractivity contribution in [3.63, 3.8) is 0 Å². The smallest absolute Gasteiger partial charge is 0.491 e. The average Bonchev–Trinajstić information content (AvgIpc) is 3.18. The SMILES string of the molecule is COc1ccc([C@H](Cc2c(Cl)c[n+]([O-])cc2Cl)OC(=O)c2ccc(CN(C(=O)O[C@H]3CN4CCC3CC4)c3cc(OC(=O)C(F)(F)F)ccc3C)cc2)cc1OC. The van der Waals surface area contributed by atoms with Gasteiger partial charge in [0.15, 0.2) is 23.9 Å². The Morgan fingerprint density at radius 3 is 2.21 bits per heavy atom. The summed E-state index contributed by atoms with van der Waals surface area (Å²) < 4.78 is 67.0. The molecule has 3 aromatic carbocycles. The number of ether oxygens (including phenoxy) is 5. The van der Waals surface area contributed by atoms with E-state index in [0.717, 1.165) is 38.3 Å². The van der Waals surface area contributed by atoms with E-state index in [2.05, 4.69) is 9.64 Å². The molecule has 4 heterocycles. The van der Waals surface area contributed by atoms with Crippen molar-refractivity contribution in [1.82, 2.24) is 4.90 Å². The maximum atomic E-state index is 13.9.